The number of hydrogen-bond donors (Lipinski definition) is 1. The molecule has 6 heteroatoms. The van der Waals surface area contributed by atoms with E-state index in [1.54, 1.807) is 6.20 Å². The van der Waals surface area contributed by atoms with E-state index in [1.807, 2.05) is 12.1 Å². The Morgan fingerprint density at radius 2 is 1.72 bits per heavy atom. The molecule has 32 heavy (non-hydrogen) atoms. The number of likely N-dealkylation sites (tertiary alicyclic amines) is 1. The third-order valence-electron chi connectivity index (χ3n) is 7.56. The van der Waals surface area contributed by atoms with Gasteiger partial charge in [-0.25, -0.2) is 4.98 Å². The number of aliphatic carboxylic acids is 1. The molecule has 0 radical (unpaired) electrons. The zero-order chi connectivity index (χ0) is 21.9. The lowest BCUT2D eigenvalue weighted by molar-refractivity contribution is -0.143. The number of hydrogen-bond acceptors (Lipinski definition) is 5. The summed E-state index contributed by atoms with van der Waals surface area (Å²) in [5, 5.41) is 9.22. The first-order valence-electron chi connectivity index (χ1n) is 11.9. The minimum absolute atomic E-state index is 0.106. The molecule has 1 aliphatic carbocycles. The van der Waals surface area contributed by atoms with Gasteiger partial charge in [0, 0.05) is 12.7 Å². The molecular formula is C26H32N2O4. The smallest absolute Gasteiger partial charge is 0.306 e. The van der Waals surface area contributed by atoms with Crippen molar-refractivity contribution in [2.75, 3.05) is 19.7 Å². The predicted molar refractivity (Wildman–Crippen MR) is 121 cm³/mol. The number of carboxylic acids is 1. The van der Waals surface area contributed by atoms with Crippen LogP contribution >= 0.6 is 0 Å². The number of carboxylic acid groups (broad SMARTS) is 1. The molecular weight excluding hydrogens is 404 g/mol. The lowest BCUT2D eigenvalue weighted by Gasteiger charge is -2.38. The molecule has 0 bridgehead atoms. The van der Waals surface area contributed by atoms with Gasteiger partial charge in [-0.2, -0.15) is 0 Å². The van der Waals surface area contributed by atoms with E-state index in [2.05, 4.69) is 34.1 Å². The van der Waals surface area contributed by atoms with E-state index in [-0.39, 0.29) is 12.0 Å². The Bertz CT molecular complexity index is 916. The van der Waals surface area contributed by atoms with Crippen LogP contribution in [0.15, 0.2) is 42.6 Å². The first kappa shape index (κ1) is 21.3. The fraction of sp³-hybridized carbons (Fsp3) is 0.538. The Labute approximate surface area is 189 Å². The van der Waals surface area contributed by atoms with Gasteiger partial charge in [-0.15, -0.1) is 0 Å². The third kappa shape index (κ3) is 4.75. The maximum Gasteiger partial charge on any atom is 0.306 e. The third-order valence-corrected chi connectivity index (χ3v) is 7.56. The second-order valence-corrected chi connectivity index (χ2v) is 9.53. The second-order valence-electron chi connectivity index (χ2n) is 9.53. The molecule has 1 aromatic heterocycles. The van der Waals surface area contributed by atoms with Crippen molar-refractivity contribution in [3.63, 3.8) is 0 Å². The Kier molecular flexibility index (Phi) is 6.30. The number of carbonyl (C=O) groups is 1. The molecule has 3 heterocycles. The summed E-state index contributed by atoms with van der Waals surface area (Å²) in [4.78, 5) is 18.0. The summed E-state index contributed by atoms with van der Waals surface area (Å²) < 4.78 is 11.8. The minimum atomic E-state index is -0.603. The monoisotopic (exact) mass is 436 g/mol. The lowest BCUT2D eigenvalue weighted by Crippen LogP contribution is -2.37. The highest BCUT2D eigenvalue weighted by molar-refractivity contribution is 5.70. The summed E-state index contributed by atoms with van der Waals surface area (Å²) in [6.45, 7) is 3.74. The van der Waals surface area contributed by atoms with Crippen LogP contribution in [0, 0.1) is 17.8 Å². The van der Waals surface area contributed by atoms with Crippen LogP contribution in [0.4, 0.5) is 0 Å². The highest BCUT2D eigenvalue weighted by atomic mass is 16.6. The number of pyridine rings is 1. The molecule has 2 aliphatic heterocycles. The summed E-state index contributed by atoms with van der Waals surface area (Å²) in [6.07, 6.45) is 7.98. The molecule has 1 N–H and O–H groups in total. The van der Waals surface area contributed by atoms with Gasteiger partial charge in [0.1, 0.15) is 6.61 Å². The van der Waals surface area contributed by atoms with E-state index in [1.165, 1.54) is 18.4 Å². The summed E-state index contributed by atoms with van der Waals surface area (Å²) in [5.74, 6) is 2.05. The molecule has 170 valence electrons. The molecule has 1 unspecified atom stereocenters. The quantitative estimate of drug-likeness (QED) is 0.733. The van der Waals surface area contributed by atoms with Gasteiger partial charge in [-0.1, -0.05) is 24.3 Å². The maximum absolute atomic E-state index is 11.2. The van der Waals surface area contributed by atoms with Gasteiger partial charge in [-0.05, 0) is 86.7 Å². The van der Waals surface area contributed by atoms with Crippen molar-refractivity contribution in [2.45, 2.75) is 51.2 Å². The van der Waals surface area contributed by atoms with Crippen molar-refractivity contribution in [2.24, 2.45) is 17.8 Å². The van der Waals surface area contributed by atoms with Gasteiger partial charge in [0.15, 0.2) is 11.9 Å². The Morgan fingerprint density at radius 1 is 1.00 bits per heavy atom. The number of fused-ring (bicyclic) bond motifs is 1. The van der Waals surface area contributed by atoms with Crippen LogP contribution in [-0.4, -0.2) is 40.7 Å². The fourth-order valence-corrected chi connectivity index (χ4v) is 5.59. The zero-order valence-corrected chi connectivity index (χ0v) is 18.5. The Morgan fingerprint density at radius 3 is 2.44 bits per heavy atom. The molecule has 1 atom stereocenters. The van der Waals surface area contributed by atoms with Crippen LogP contribution in [0.1, 0.15) is 55.8 Å². The summed E-state index contributed by atoms with van der Waals surface area (Å²) in [6, 6.07) is 12.4. The standard InChI is InChI=1S/C26H32N2O4/c29-26(30)22-9-7-19(8-10-22)20-11-14-28(15-12-20)16-18-3-5-21(6-4-18)24-17-31-23-2-1-13-27-25(23)32-24/h1-6,13,19-20,22,24H,7-12,14-17H2,(H,29,30). The average Bonchev–Trinajstić information content (AvgIpc) is 2.85. The molecule has 1 saturated heterocycles. The van der Waals surface area contributed by atoms with Gasteiger partial charge in [0.05, 0.1) is 5.92 Å². The van der Waals surface area contributed by atoms with E-state index in [4.69, 9.17) is 9.47 Å². The SMILES string of the molecule is O=C(O)C1CCC(C2CCN(Cc3ccc(C4COc5cccnc5O4)cc3)CC2)CC1. The number of benzene rings is 1. The highest BCUT2D eigenvalue weighted by Gasteiger charge is 2.32. The van der Waals surface area contributed by atoms with Crippen molar-refractivity contribution in [3.05, 3.63) is 53.7 Å². The molecule has 1 saturated carbocycles. The van der Waals surface area contributed by atoms with Crippen molar-refractivity contribution >= 4 is 5.97 Å². The van der Waals surface area contributed by atoms with E-state index < -0.39 is 5.97 Å². The maximum atomic E-state index is 11.2. The van der Waals surface area contributed by atoms with Crippen molar-refractivity contribution < 1.29 is 19.4 Å². The second kappa shape index (κ2) is 9.49. The molecule has 5 rings (SSSR count). The van der Waals surface area contributed by atoms with Gasteiger partial charge in [0.2, 0.25) is 0 Å². The summed E-state index contributed by atoms with van der Waals surface area (Å²) in [5.41, 5.74) is 2.44. The Hall–Kier alpha value is -2.60. The van der Waals surface area contributed by atoms with E-state index in [9.17, 15) is 9.90 Å². The molecule has 0 amide bonds. The van der Waals surface area contributed by atoms with Gasteiger partial charge < -0.3 is 14.6 Å². The van der Waals surface area contributed by atoms with Gasteiger partial charge in [0.25, 0.3) is 5.88 Å². The molecule has 3 aliphatic rings. The Balaban J connectivity index is 1.10. The van der Waals surface area contributed by atoms with Crippen LogP contribution in [-0.2, 0) is 11.3 Å². The number of piperidine rings is 1. The van der Waals surface area contributed by atoms with Crippen LogP contribution in [0.5, 0.6) is 11.6 Å². The van der Waals surface area contributed by atoms with Crippen LogP contribution in [0.2, 0.25) is 0 Å². The topological polar surface area (TPSA) is 71.9 Å². The van der Waals surface area contributed by atoms with E-state index in [0.29, 0.717) is 18.2 Å². The van der Waals surface area contributed by atoms with Crippen molar-refractivity contribution in [3.8, 4) is 11.6 Å². The molecule has 1 aromatic carbocycles. The van der Waals surface area contributed by atoms with Crippen molar-refractivity contribution in [1.82, 2.24) is 9.88 Å². The van der Waals surface area contributed by atoms with E-state index >= 15 is 0 Å². The highest BCUT2D eigenvalue weighted by Crippen LogP contribution is 2.38. The molecule has 6 nitrogen and oxygen atoms in total. The number of rotatable bonds is 5. The molecule has 0 spiro atoms. The molecule has 2 aromatic rings. The van der Waals surface area contributed by atoms with Crippen molar-refractivity contribution in [1.29, 1.82) is 0 Å². The first-order valence-corrected chi connectivity index (χ1v) is 11.9. The summed E-state index contributed by atoms with van der Waals surface area (Å²) >= 11 is 0. The largest absolute Gasteiger partial charge is 0.484 e. The normalized spacial score (nSPS) is 26.6. The van der Waals surface area contributed by atoms with Crippen LogP contribution in [0.3, 0.4) is 0 Å². The molecule has 2 fully saturated rings. The lowest BCUT2D eigenvalue weighted by atomic mass is 9.73. The van der Waals surface area contributed by atoms with Gasteiger partial charge in [-0.3, -0.25) is 9.69 Å². The van der Waals surface area contributed by atoms with Gasteiger partial charge >= 0.3 is 5.97 Å². The summed E-state index contributed by atoms with van der Waals surface area (Å²) in [7, 11) is 0. The number of ether oxygens (including phenoxy) is 2. The number of nitrogens with zero attached hydrogens (tertiary/aromatic N) is 2. The van der Waals surface area contributed by atoms with Crippen LogP contribution in [0.25, 0.3) is 0 Å². The number of aromatic nitrogens is 1. The minimum Gasteiger partial charge on any atom is -0.484 e. The zero-order valence-electron chi connectivity index (χ0n) is 18.5. The van der Waals surface area contributed by atoms with Crippen LogP contribution < -0.4 is 9.47 Å². The first-order chi connectivity index (χ1) is 15.7. The predicted octanol–water partition coefficient (Wildman–Crippen LogP) is 4.70. The average molecular weight is 437 g/mol. The van der Waals surface area contributed by atoms with E-state index in [0.717, 1.165) is 62.7 Å². The fourth-order valence-electron chi connectivity index (χ4n) is 5.59.